The van der Waals surface area contributed by atoms with Crippen molar-refractivity contribution in [3.05, 3.63) is 54.1 Å². The largest absolute Gasteiger partial charge is 0.491 e. The number of hydrogen-bond acceptors (Lipinski definition) is 5. The SMILES string of the molecule is CC1CN(Cc2ccc(-c3noc(-c4ccc(OCCF)cc4)n3)cc2)C1. The zero-order chi connectivity index (χ0) is 18.6. The fourth-order valence-electron chi connectivity index (χ4n) is 3.28. The summed E-state index contributed by atoms with van der Waals surface area (Å²) in [5.41, 5.74) is 3.01. The molecular weight excluding hydrogens is 345 g/mol. The van der Waals surface area contributed by atoms with Crippen molar-refractivity contribution in [1.29, 1.82) is 0 Å². The zero-order valence-corrected chi connectivity index (χ0v) is 15.3. The molecule has 0 bridgehead atoms. The van der Waals surface area contributed by atoms with E-state index < -0.39 is 6.67 Å². The quantitative estimate of drug-likeness (QED) is 0.626. The highest BCUT2D eigenvalue weighted by molar-refractivity contribution is 5.60. The number of nitrogens with zero attached hydrogens (tertiary/aromatic N) is 3. The summed E-state index contributed by atoms with van der Waals surface area (Å²) in [6.07, 6.45) is 0. The summed E-state index contributed by atoms with van der Waals surface area (Å²) in [5, 5.41) is 4.09. The molecule has 140 valence electrons. The number of likely N-dealkylation sites (tertiary alicyclic amines) is 1. The first-order valence-electron chi connectivity index (χ1n) is 9.16. The molecule has 1 saturated heterocycles. The summed E-state index contributed by atoms with van der Waals surface area (Å²) < 4.78 is 22.8. The Morgan fingerprint density at radius 2 is 1.78 bits per heavy atom. The van der Waals surface area contributed by atoms with E-state index in [1.165, 1.54) is 18.7 Å². The molecule has 4 rings (SSSR count). The molecule has 3 aromatic rings. The number of ether oxygens (including phenoxy) is 1. The maximum atomic E-state index is 12.1. The molecular formula is C21H22FN3O2. The van der Waals surface area contributed by atoms with Crippen LogP contribution in [0, 0.1) is 5.92 Å². The normalized spacial score (nSPS) is 14.9. The molecule has 0 N–H and O–H groups in total. The fourth-order valence-corrected chi connectivity index (χ4v) is 3.28. The van der Waals surface area contributed by atoms with Gasteiger partial charge >= 0.3 is 0 Å². The maximum absolute atomic E-state index is 12.1. The second-order valence-corrected chi connectivity index (χ2v) is 6.98. The third-order valence-corrected chi connectivity index (χ3v) is 4.63. The Labute approximate surface area is 157 Å². The molecule has 1 aromatic heterocycles. The standard InChI is InChI=1S/C21H22FN3O2/c1-15-12-25(13-15)14-16-2-4-17(5-3-16)20-23-21(27-24-20)18-6-8-19(9-7-18)26-11-10-22/h2-9,15H,10-14H2,1H3. The molecule has 0 saturated carbocycles. The maximum Gasteiger partial charge on any atom is 0.258 e. The van der Waals surface area contributed by atoms with Crippen molar-refractivity contribution < 1.29 is 13.7 Å². The number of hydrogen-bond donors (Lipinski definition) is 0. The van der Waals surface area contributed by atoms with Gasteiger partial charge in [-0.15, -0.1) is 0 Å². The van der Waals surface area contributed by atoms with Crippen LogP contribution in [0.2, 0.25) is 0 Å². The highest BCUT2D eigenvalue weighted by Gasteiger charge is 2.22. The smallest absolute Gasteiger partial charge is 0.258 e. The Morgan fingerprint density at radius 1 is 1.07 bits per heavy atom. The first-order valence-corrected chi connectivity index (χ1v) is 9.16. The first kappa shape index (κ1) is 17.7. The third kappa shape index (κ3) is 4.17. The van der Waals surface area contributed by atoms with Crippen molar-refractivity contribution in [1.82, 2.24) is 15.0 Å². The number of halogens is 1. The van der Waals surface area contributed by atoms with Gasteiger partial charge in [0.15, 0.2) is 0 Å². The van der Waals surface area contributed by atoms with Crippen LogP contribution in [0.4, 0.5) is 4.39 Å². The summed E-state index contributed by atoms with van der Waals surface area (Å²) in [6, 6.07) is 15.5. The molecule has 27 heavy (non-hydrogen) atoms. The minimum absolute atomic E-state index is 0.0524. The highest BCUT2D eigenvalue weighted by Crippen LogP contribution is 2.25. The van der Waals surface area contributed by atoms with Crippen LogP contribution < -0.4 is 4.74 Å². The third-order valence-electron chi connectivity index (χ3n) is 4.63. The van der Waals surface area contributed by atoms with Crippen molar-refractivity contribution in [2.24, 2.45) is 5.92 Å². The molecule has 2 aromatic carbocycles. The van der Waals surface area contributed by atoms with E-state index in [2.05, 4.69) is 34.1 Å². The van der Waals surface area contributed by atoms with Crippen LogP contribution in [0.15, 0.2) is 53.1 Å². The van der Waals surface area contributed by atoms with Gasteiger partial charge in [0.05, 0.1) is 0 Å². The van der Waals surface area contributed by atoms with Crippen LogP contribution in [0.3, 0.4) is 0 Å². The van der Waals surface area contributed by atoms with Crippen LogP contribution >= 0.6 is 0 Å². The summed E-state index contributed by atoms with van der Waals surface area (Å²) in [4.78, 5) is 6.92. The average molecular weight is 367 g/mol. The van der Waals surface area contributed by atoms with Crippen molar-refractivity contribution >= 4 is 0 Å². The van der Waals surface area contributed by atoms with Gasteiger partial charge in [-0.1, -0.05) is 36.3 Å². The van der Waals surface area contributed by atoms with Gasteiger partial charge in [0, 0.05) is 30.8 Å². The molecule has 0 radical (unpaired) electrons. The van der Waals surface area contributed by atoms with Crippen molar-refractivity contribution in [2.75, 3.05) is 26.4 Å². The van der Waals surface area contributed by atoms with Crippen LogP contribution in [-0.2, 0) is 6.54 Å². The lowest BCUT2D eigenvalue weighted by molar-refractivity contribution is 0.105. The van der Waals surface area contributed by atoms with Crippen molar-refractivity contribution in [2.45, 2.75) is 13.5 Å². The van der Waals surface area contributed by atoms with E-state index in [1.807, 2.05) is 24.3 Å². The van der Waals surface area contributed by atoms with Gasteiger partial charge in [-0.2, -0.15) is 4.98 Å². The second-order valence-electron chi connectivity index (χ2n) is 6.98. The first-order chi connectivity index (χ1) is 13.2. The fraction of sp³-hybridized carbons (Fsp3) is 0.333. The molecule has 0 spiro atoms. The number of aromatic nitrogens is 2. The Bertz CT molecular complexity index is 871. The van der Waals surface area contributed by atoms with E-state index in [9.17, 15) is 4.39 Å². The number of alkyl halides is 1. The lowest BCUT2D eigenvalue weighted by atomic mass is 10.0. The van der Waals surface area contributed by atoms with E-state index in [-0.39, 0.29) is 6.61 Å². The summed E-state index contributed by atoms with van der Waals surface area (Å²) in [7, 11) is 0. The Balaban J connectivity index is 1.42. The van der Waals surface area contributed by atoms with E-state index in [4.69, 9.17) is 9.26 Å². The van der Waals surface area contributed by atoms with E-state index in [0.29, 0.717) is 17.5 Å². The Hall–Kier alpha value is -2.73. The number of benzene rings is 2. The minimum Gasteiger partial charge on any atom is -0.491 e. The molecule has 0 atom stereocenters. The van der Waals surface area contributed by atoms with Gasteiger partial charge in [0.25, 0.3) is 5.89 Å². The highest BCUT2D eigenvalue weighted by atomic mass is 19.1. The monoisotopic (exact) mass is 367 g/mol. The van der Waals surface area contributed by atoms with E-state index in [0.717, 1.165) is 23.6 Å². The predicted molar refractivity (Wildman–Crippen MR) is 101 cm³/mol. The molecule has 6 heteroatoms. The van der Waals surface area contributed by atoms with Gasteiger partial charge in [0.1, 0.15) is 19.0 Å². The molecule has 5 nitrogen and oxygen atoms in total. The predicted octanol–water partition coefficient (Wildman–Crippen LogP) is 4.20. The topological polar surface area (TPSA) is 51.4 Å². The summed E-state index contributed by atoms with van der Waals surface area (Å²) in [5.74, 6) is 2.43. The van der Waals surface area contributed by atoms with Gasteiger partial charge in [-0.25, -0.2) is 4.39 Å². The lowest BCUT2D eigenvalue weighted by Crippen LogP contribution is -2.44. The average Bonchev–Trinajstić information content (AvgIpc) is 3.16. The van der Waals surface area contributed by atoms with Crippen molar-refractivity contribution in [3.63, 3.8) is 0 Å². The summed E-state index contributed by atoms with van der Waals surface area (Å²) >= 11 is 0. The van der Waals surface area contributed by atoms with E-state index in [1.54, 1.807) is 12.1 Å². The van der Waals surface area contributed by atoms with E-state index >= 15 is 0 Å². The molecule has 0 aliphatic carbocycles. The zero-order valence-electron chi connectivity index (χ0n) is 15.3. The lowest BCUT2D eigenvalue weighted by Gasteiger charge is -2.37. The Kier molecular flexibility index (Phi) is 5.16. The molecule has 1 aliphatic rings. The van der Waals surface area contributed by atoms with Gasteiger partial charge in [0.2, 0.25) is 5.82 Å². The second kappa shape index (κ2) is 7.88. The van der Waals surface area contributed by atoms with Crippen LogP contribution in [-0.4, -0.2) is 41.4 Å². The van der Waals surface area contributed by atoms with Crippen LogP contribution in [0.5, 0.6) is 5.75 Å². The molecule has 1 aliphatic heterocycles. The molecule has 2 heterocycles. The van der Waals surface area contributed by atoms with Gasteiger partial charge in [-0.3, -0.25) is 4.90 Å². The van der Waals surface area contributed by atoms with Crippen molar-refractivity contribution in [3.8, 4) is 28.6 Å². The minimum atomic E-state index is -0.509. The molecule has 0 amide bonds. The molecule has 0 unspecified atom stereocenters. The summed E-state index contributed by atoms with van der Waals surface area (Å²) in [6.45, 7) is 5.15. The number of rotatable bonds is 7. The van der Waals surface area contributed by atoms with Gasteiger partial charge in [-0.05, 0) is 35.7 Å². The van der Waals surface area contributed by atoms with Gasteiger partial charge < -0.3 is 9.26 Å². The van der Waals surface area contributed by atoms with Crippen LogP contribution in [0.1, 0.15) is 12.5 Å². The molecule has 1 fully saturated rings. The van der Waals surface area contributed by atoms with Crippen LogP contribution in [0.25, 0.3) is 22.8 Å². The Morgan fingerprint density at radius 3 is 2.44 bits per heavy atom.